The Morgan fingerprint density at radius 2 is 1.49 bits per heavy atom. The van der Waals surface area contributed by atoms with Crippen LogP contribution in [0.5, 0.6) is 34.5 Å². The van der Waals surface area contributed by atoms with E-state index < -0.39 is 44.2 Å². The molecule has 194 valence electrons. The maximum atomic E-state index is 12.2. The second kappa shape index (κ2) is 10.7. The highest BCUT2D eigenvalue weighted by molar-refractivity contribution is 5.96. The average molecular weight is 512 g/mol. The topological polar surface area (TPSA) is 175 Å². The molecule has 0 unspecified atom stereocenters. The number of methoxy groups -OCH3 is 2. The molecule has 0 heterocycles. The fourth-order valence-electron chi connectivity index (χ4n) is 3.73. The molecular formula is C25H24N2O10. The number of nitro groups is 2. The zero-order valence-corrected chi connectivity index (χ0v) is 20.3. The SMILES string of the molecule is COc1c(O)c(-c2cc(O)c(OCC=C(C)C)c([N+](=O)[O-])c2)c(OC)c([N+](=O)[O-])c1-c1ccc(O)cc1. The fourth-order valence-corrected chi connectivity index (χ4v) is 3.73. The van der Waals surface area contributed by atoms with E-state index in [0.29, 0.717) is 0 Å². The van der Waals surface area contributed by atoms with Gasteiger partial charge in [0.2, 0.25) is 11.5 Å². The van der Waals surface area contributed by atoms with Crippen molar-refractivity contribution in [2.75, 3.05) is 20.8 Å². The largest absolute Gasteiger partial charge is 0.508 e. The van der Waals surface area contributed by atoms with Gasteiger partial charge in [-0.25, -0.2) is 0 Å². The van der Waals surface area contributed by atoms with Gasteiger partial charge in [0.1, 0.15) is 17.9 Å². The van der Waals surface area contributed by atoms with Crippen molar-refractivity contribution < 1.29 is 39.4 Å². The number of allylic oxidation sites excluding steroid dienone is 1. The van der Waals surface area contributed by atoms with E-state index in [1.54, 1.807) is 19.9 Å². The molecule has 0 aliphatic heterocycles. The first-order chi connectivity index (χ1) is 17.5. The van der Waals surface area contributed by atoms with Gasteiger partial charge in [-0.3, -0.25) is 20.2 Å². The number of benzene rings is 3. The third-order valence-electron chi connectivity index (χ3n) is 5.36. The third kappa shape index (κ3) is 5.17. The van der Waals surface area contributed by atoms with E-state index >= 15 is 0 Å². The molecule has 0 saturated carbocycles. The Morgan fingerprint density at radius 1 is 0.865 bits per heavy atom. The van der Waals surface area contributed by atoms with Crippen LogP contribution < -0.4 is 14.2 Å². The number of ether oxygens (including phenoxy) is 3. The minimum atomic E-state index is -0.791. The molecule has 37 heavy (non-hydrogen) atoms. The summed E-state index contributed by atoms with van der Waals surface area (Å²) >= 11 is 0. The van der Waals surface area contributed by atoms with Crippen molar-refractivity contribution in [2.45, 2.75) is 13.8 Å². The molecule has 3 rings (SSSR count). The highest BCUT2D eigenvalue weighted by atomic mass is 16.6. The number of hydrogen-bond acceptors (Lipinski definition) is 10. The number of rotatable bonds is 9. The highest BCUT2D eigenvalue weighted by Crippen LogP contribution is 2.57. The number of hydrogen-bond donors (Lipinski definition) is 3. The maximum absolute atomic E-state index is 12.2. The van der Waals surface area contributed by atoms with Crippen LogP contribution in [0.4, 0.5) is 11.4 Å². The molecule has 0 atom stereocenters. The van der Waals surface area contributed by atoms with E-state index in [9.17, 15) is 35.5 Å². The van der Waals surface area contributed by atoms with Crippen molar-refractivity contribution >= 4 is 11.4 Å². The van der Waals surface area contributed by atoms with Gasteiger partial charge in [-0.05, 0) is 43.7 Å². The van der Waals surface area contributed by atoms with E-state index in [1.165, 1.54) is 31.4 Å². The number of nitro benzene ring substituents is 2. The van der Waals surface area contributed by atoms with Gasteiger partial charge in [0.25, 0.3) is 0 Å². The molecule has 0 fully saturated rings. The minimum absolute atomic E-state index is 0.0503. The smallest absolute Gasteiger partial charge is 0.323 e. The monoisotopic (exact) mass is 512 g/mol. The van der Waals surface area contributed by atoms with E-state index in [-0.39, 0.29) is 40.4 Å². The van der Waals surface area contributed by atoms with Crippen LogP contribution in [-0.2, 0) is 0 Å². The predicted molar refractivity (Wildman–Crippen MR) is 134 cm³/mol. The summed E-state index contributed by atoms with van der Waals surface area (Å²) in [5.74, 6) is -2.51. The normalized spacial score (nSPS) is 10.5. The van der Waals surface area contributed by atoms with Crippen molar-refractivity contribution in [3.63, 3.8) is 0 Å². The summed E-state index contributed by atoms with van der Waals surface area (Å²) in [5, 5.41) is 55.5. The lowest BCUT2D eigenvalue weighted by Gasteiger charge is -2.19. The summed E-state index contributed by atoms with van der Waals surface area (Å²) < 4.78 is 16.0. The molecule has 0 aliphatic carbocycles. The van der Waals surface area contributed by atoms with Gasteiger partial charge in [-0.1, -0.05) is 17.7 Å². The molecule has 0 saturated heterocycles. The number of phenols is 3. The molecule has 0 aromatic heterocycles. The Bertz CT molecular complexity index is 1390. The van der Waals surface area contributed by atoms with Crippen molar-refractivity contribution in [1.29, 1.82) is 0 Å². The summed E-state index contributed by atoms with van der Waals surface area (Å²) in [5.41, 5.74) is -0.757. The van der Waals surface area contributed by atoms with Gasteiger partial charge in [-0.15, -0.1) is 0 Å². The molecule has 0 radical (unpaired) electrons. The summed E-state index contributed by atoms with van der Waals surface area (Å²) in [7, 11) is 2.31. The van der Waals surface area contributed by atoms with Gasteiger partial charge in [0, 0.05) is 11.6 Å². The molecule has 0 spiro atoms. The number of phenolic OH excluding ortho intramolecular Hbond substituents is 3. The predicted octanol–water partition coefficient (Wildman–Crippen LogP) is 5.32. The summed E-state index contributed by atoms with van der Waals surface area (Å²) in [6.07, 6.45) is 1.65. The Labute approximate surface area is 210 Å². The second-order valence-corrected chi connectivity index (χ2v) is 8.01. The van der Waals surface area contributed by atoms with Crippen molar-refractivity contribution in [1.82, 2.24) is 0 Å². The Balaban J connectivity index is 2.38. The lowest BCUT2D eigenvalue weighted by molar-refractivity contribution is -0.385. The van der Waals surface area contributed by atoms with Crippen molar-refractivity contribution in [2.24, 2.45) is 0 Å². The Hall–Kier alpha value is -5.00. The molecular weight excluding hydrogens is 488 g/mol. The first-order valence-corrected chi connectivity index (χ1v) is 10.7. The van der Waals surface area contributed by atoms with Crippen LogP contribution in [0.3, 0.4) is 0 Å². The summed E-state index contributed by atoms with van der Waals surface area (Å²) in [6, 6.07) is 7.42. The van der Waals surface area contributed by atoms with Gasteiger partial charge in [-0.2, -0.15) is 0 Å². The minimum Gasteiger partial charge on any atom is -0.508 e. The third-order valence-corrected chi connectivity index (χ3v) is 5.36. The van der Waals surface area contributed by atoms with Crippen LogP contribution in [0.15, 0.2) is 48.0 Å². The highest BCUT2D eigenvalue weighted by Gasteiger charge is 2.35. The summed E-state index contributed by atoms with van der Waals surface area (Å²) in [4.78, 5) is 22.5. The molecule has 3 aromatic carbocycles. The maximum Gasteiger partial charge on any atom is 0.323 e. The van der Waals surface area contributed by atoms with Crippen LogP contribution in [0.2, 0.25) is 0 Å². The molecule has 3 aromatic rings. The first kappa shape index (κ1) is 26.6. The first-order valence-electron chi connectivity index (χ1n) is 10.7. The second-order valence-electron chi connectivity index (χ2n) is 8.01. The Kier molecular flexibility index (Phi) is 7.71. The quantitative estimate of drug-likeness (QED) is 0.193. The summed E-state index contributed by atoms with van der Waals surface area (Å²) in [6.45, 7) is 3.56. The average Bonchev–Trinajstić information content (AvgIpc) is 2.83. The van der Waals surface area contributed by atoms with Gasteiger partial charge >= 0.3 is 11.4 Å². The van der Waals surface area contributed by atoms with Gasteiger partial charge in [0.05, 0.1) is 29.6 Å². The van der Waals surface area contributed by atoms with E-state index in [2.05, 4.69) is 0 Å². The van der Waals surface area contributed by atoms with E-state index in [1.807, 2.05) is 0 Å². The lowest BCUT2D eigenvalue weighted by atomic mass is 9.94. The van der Waals surface area contributed by atoms with Crippen LogP contribution in [0.25, 0.3) is 22.3 Å². The van der Waals surface area contributed by atoms with E-state index in [0.717, 1.165) is 24.8 Å². The van der Waals surface area contributed by atoms with E-state index in [4.69, 9.17) is 14.2 Å². The zero-order valence-electron chi connectivity index (χ0n) is 20.3. The van der Waals surface area contributed by atoms with Crippen molar-refractivity contribution in [3.05, 3.63) is 68.3 Å². The van der Waals surface area contributed by atoms with Crippen LogP contribution in [0.1, 0.15) is 13.8 Å². The van der Waals surface area contributed by atoms with Gasteiger partial charge in [0.15, 0.2) is 17.2 Å². The van der Waals surface area contributed by atoms with Gasteiger partial charge < -0.3 is 29.5 Å². The number of nitrogens with zero attached hydrogens (tertiary/aromatic N) is 2. The molecule has 0 aliphatic rings. The van der Waals surface area contributed by atoms with Crippen LogP contribution in [-0.4, -0.2) is 46.0 Å². The Morgan fingerprint density at radius 3 is 2.00 bits per heavy atom. The molecule has 3 N–H and O–H groups in total. The lowest BCUT2D eigenvalue weighted by Crippen LogP contribution is -2.03. The molecule has 0 bridgehead atoms. The molecule has 0 amide bonds. The van der Waals surface area contributed by atoms with Crippen LogP contribution >= 0.6 is 0 Å². The number of aromatic hydroxyl groups is 3. The standard InChI is InChI=1S/C25H24N2O10/c1-13(2)9-10-37-23-17(26(31)32)11-15(12-18(23)29)20-22(30)25(36-4)19(14-5-7-16(28)8-6-14)21(27(33)34)24(20)35-3/h5-9,11-12,28-30H,10H2,1-4H3. The zero-order chi connectivity index (χ0) is 27.4. The van der Waals surface area contributed by atoms with Crippen molar-refractivity contribution in [3.8, 4) is 56.8 Å². The molecule has 12 nitrogen and oxygen atoms in total. The fraction of sp³-hybridized carbons (Fsp3) is 0.200. The molecule has 12 heteroatoms. The van der Waals surface area contributed by atoms with Crippen LogP contribution in [0, 0.1) is 20.2 Å².